The zero-order valence-electron chi connectivity index (χ0n) is 16.1. The Hall–Kier alpha value is -2.90. The summed E-state index contributed by atoms with van der Waals surface area (Å²) in [4.78, 5) is 30.8. The summed E-state index contributed by atoms with van der Waals surface area (Å²) >= 11 is 0. The zero-order valence-corrected chi connectivity index (χ0v) is 16.1. The molecule has 3 aliphatic heterocycles. The maximum Gasteiger partial charge on any atom is 0.319 e. The van der Waals surface area contributed by atoms with E-state index in [1.807, 2.05) is 9.80 Å². The number of hydrogen-bond acceptors (Lipinski definition) is 3. The lowest BCUT2D eigenvalue weighted by Gasteiger charge is -2.35. The highest BCUT2D eigenvalue weighted by Gasteiger charge is 2.39. The van der Waals surface area contributed by atoms with Gasteiger partial charge in [0.05, 0.1) is 5.69 Å². The fraction of sp³-hybridized carbons (Fsp3) is 0.450. The number of hydrogen-bond donors (Lipinski definition) is 1. The van der Waals surface area contributed by atoms with Crippen LogP contribution in [0.2, 0.25) is 0 Å². The van der Waals surface area contributed by atoms with E-state index >= 15 is 0 Å². The number of H-pyrrole nitrogens is 1. The monoisotopic (exact) mass is 385 g/mol. The number of urea groups is 1. The Bertz CT molecular complexity index is 896. The first-order valence-electron chi connectivity index (χ1n) is 9.51. The van der Waals surface area contributed by atoms with Crippen molar-refractivity contribution in [1.82, 2.24) is 24.9 Å². The third kappa shape index (κ3) is 3.34. The molecule has 8 heteroatoms. The van der Waals surface area contributed by atoms with Gasteiger partial charge in [-0.3, -0.25) is 9.89 Å². The highest BCUT2D eigenvalue weighted by Crippen LogP contribution is 2.30. The summed E-state index contributed by atoms with van der Waals surface area (Å²) in [6, 6.07) is 7.92. The lowest BCUT2D eigenvalue weighted by atomic mass is 9.94. The molecular formula is C20H24FN5O2. The van der Waals surface area contributed by atoms with Crippen molar-refractivity contribution >= 4 is 11.9 Å². The lowest BCUT2D eigenvalue weighted by molar-refractivity contribution is 0.0579. The van der Waals surface area contributed by atoms with Crippen molar-refractivity contribution in [2.24, 2.45) is 5.92 Å². The van der Waals surface area contributed by atoms with E-state index in [-0.39, 0.29) is 29.7 Å². The molecule has 1 aromatic heterocycles. The molecule has 0 spiro atoms. The highest BCUT2D eigenvalue weighted by molar-refractivity contribution is 5.93. The molecule has 0 unspecified atom stereocenters. The van der Waals surface area contributed by atoms with Gasteiger partial charge in [-0.1, -0.05) is 12.1 Å². The number of benzene rings is 1. The van der Waals surface area contributed by atoms with Crippen LogP contribution in [-0.2, 0) is 0 Å². The van der Waals surface area contributed by atoms with Crippen molar-refractivity contribution in [2.75, 3.05) is 33.7 Å². The zero-order chi connectivity index (χ0) is 19.8. The van der Waals surface area contributed by atoms with Gasteiger partial charge < -0.3 is 14.7 Å². The molecule has 0 saturated carbocycles. The largest absolute Gasteiger partial charge is 0.332 e. The molecule has 3 fully saturated rings. The van der Waals surface area contributed by atoms with Crippen molar-refractivity contribution < 1.29 is 14.0 Å². The van der Waals surface area contributed by atoms with Crippen LogP contribution in [0.3, 0.4) is 0 Å². The average Bonchev–Trinajstić information content (AvgIpc) is 2.99. The number of aromatic amines is 1. The smallest absolute Gasteiger partial charge is 0.319 e. The minimum Gasteiger partial charge on any atom is -0.332 e. The van der Waals surface area contributed by atoms with Crippen LogP contribution in [0.25, 0.3) is 11.3 Å². The van der Waals surface area contributed by atoms with E-state index in [9.17, 15) is 14.0 Å². The number of piperidine rings is 1. The molecule has 3 saturated heterocycles. The van der Waals surface area contributed by atoms with Crippen LogP contribution < -0.4 is 0 Å². The molecule has 3 aliphatic rings. The summed E-state index contributed by atoms with van der Waals surface area (Å²) in [6.07, 6.45) is 1.89. The van der Waals surface area contributed by atoms with Crippen LogP contribution in [0.5, 0.6) is 0 Å². The Kier molecular flexibility index (Phi) is 4.78. The Morgan fingerprint density at radius 2 is 1.96 bits per heavy atom. The summed E-state index contributed by atoms with van der Waals surface area (Å²) in [5.74, 6) is -0.260. The van der Waals surface area contributed by atoms with Crippen LogP contribution in [0.1, 0.15) is 23.3 Å². The first kappa shape index (κ1) is 18.5. The van der Waals surface area contributed by atoms with E-state index < -0.39 is 0 Å². The summed E-state index contributed by atoms with van der Waals surface area (Å²) in [7, 11) is 3.49. The number of nitrogens with one attached hydrogen (secondary N) is 1. The standard InChI is InChI=1S/C20H24FN5O2/c1-24(2)20(28)25-10-13-7-8-14(12-25)26(11-13)19(27)18-9-17(22-23-18)15-5-3-4-6-16(15)21/h3-6,9,13-14H,7-8,10-12H2,1-2H3,(H,22,23)/t13-,14+/m0/s1. The van der Waals surface area contributed by atoms with Crippen molar-refractivity contribution in [2.45, 2.75) is 18.9 Å². The van der Waals surface area contributed by atoms with Gasteiger partial charge in [-0.2, -0.15) is 5.10 Å². The van der Waals surface area contributed by atoms with Crippen LogP contribution in [-0.4, -0.2) is 76.6 Å². The number of carbonyl (C=O) groups excluding carboxylic acids is 2. The Balaban J connectivity index is 1.54. The number of fused-ring (bicyclic) bond motifs is 4. The minimum atomic E-state index is -0.375. The second-order valence-corrected chi connectivity index (χ2v) is 7.78. The molecule has 7 nitrogen and oxygen atoms in total. The second kappa shape index (κ2) is 7.26. The van der Waals surface area contributed by atoms with E-state index in [1.165, 1.54) is 6.07 Å². The summed E-state index contributed by atoms with van der Waals surface area (Å²) < 4.78 is 14.0. The molecule has 2 aromatic rings. The molecule has 2 atom stereocenters. The van der Waals surface area contributed by atoms with E-state index in [1.54, 1.807) is 43.3 Å². The minimum absolute atomic E-state index is 0.0182. The van der Waals surface area contributed by atoms with Crippen LogP contribution in [0.4, 0.5) is 9.18 Å². The van der Waals surface area contributed by atoms with Gasteiger partial charge in [0.1, 0.15) is 11.5 Å². The van der Waals surface area contributed by atoms with Crippen molar-refractivity contribution in [3.05, 3.63) is 41.8 Å². The van der Waals surface area contributed by atoms with Crippen LogP contribution in [0, 0.1) is 11.7 Å². The van der Waals surface area contributed by atoms with Gasteiger partial charge in [0.15, 0.2) is 0 Å². The van der Waals surface area contributed by atoms with E-state index in [4.69, 9.17) is 0 Å². The van der Waals surface area contributed by atoms with Crippen molar-refractivity contribution in [3.63, 3.8) is 0 Å². The third-order valence-electron chi connectivity index (χ3n) is 5.59. The molecule has 28 heavy (non-hydrogen) atoms. The molecule has 1 N–H and O–H groups in total. The summed E-state index contributed by atoms with van der Waals surface area (Å²) in [6.45, 7) is 1.82. The number of rotatable bonds is 2. The fourth-order valence-corrected chi connectivity index (χ4v) is 4.16. The number of carbonyl (C=O) groups is 2. The topological polar surface area (TPSA) is 72.5 Å². The van der Waals surface area contributed by atoms with Gasteiger partial charge in [0.25, 0.3) is 5.91 Å². The SMILES string of the molecule is CN(C)C(=O)N1C[C@@H]2CC[C@H](C1)N(C(=O)c1cc(-c3ccccc3F)n[nH]1)C2. The van der Waals surface area contributed by atoms with Crippen molar-refractivity contribution in [1.29, 1.82) is 0 Å². The summed E-state index contributed by atoms with van der Waals surface area (Å²) in [5.41, 5.74) is 1.11. The lowest BCUT2D eigenvalue weighted by Crippen LogP contribution is -2.48. The van der Waals surface area contributed by atoms with Gasteiger partial charge in [-0.05, 0) is 37.0 Å². The predicted molar refractivity (Wildman–Crippen MR) is 102 cm³/mol. The first-order valence-corrected chi connectivity index (χ1v) is 9.51. The van der Waals surface area contributed by atoms with Crippen LogP contribution in [0.15, 0.2) is 30.3 Å². The van der Waals surface area contributed by atoms with Gasteiger partial charge >= 0.3 is 6.03 Å². The number of amides is 3. The van der Waals surface area contributed by atoms with E-state index in [0.717, 1.165) is 12.8 Å². The number of nitrogens with zero attached hydrogens (tertiary/aromatic N) is 4. The van der Waals surface area contributed by atoms with Gasteiger partial charge in [-0.25, -0.2) is 9.18 Å². The summed E-state index contributed by atoms with van der Waals surface area (Å²) in [5, 5.41) is 6.90. The number of halogens is 1. The number of aromatic nitrogens is 2. The van der Waals surface area contributed by atoms with Gasteiger partial charge in [0, 0.05) is 45.3 Å². The molecular weight excluding hydrogens is 361 g/mol. The van der Waals surface area contributed by atoms with E-state index in [0.29, 0.717) is 36.6 Å². The highest BCUT2D eigenvalue weighted by atomic mass is 19.1. The molecule has 5 rings (SSSR count). The first-order chi connectivity index (χ1) is 13.4. The quantitative estimate of drug-likeness (QED) is 0.863. The van der Waals surface area contributed by atoms with E-state index in [2.05, 4.69) is 10.2 Å². The molecule has 0 radical (unpaired) electrons. The van der Waals surface area contributed by atoms with Crippen LogP contribution >= 0.6 is 0 Å². The van der Waals surface area contributed by atoms with Gasteiger partial charge in [0.2, 0.25) is 0 Å². The second-order valence-electron chi connectivity index (χ2n) is 7.78. The Labute approximate surface area is 163 Å². The molecule has 3 amide bonds. The molecule has 2 bridgehead atoms. The van der Waals surface area contributed by atoms with Gasteiger partial charge in [-0.15, -0.1) is 0 Å². The molecule has 1 aromatic carbocycles. The molecule has 0 aliphatic carbocycles. The van der Waals surface area contributed by atoms with Crippen molar-refractivity contribution in [3.8, 4) is 11.3 Å². The normalized spacial score (nSPS) is 21.5. The Morgan fingerprint density at radius 3 is 2.71 bits per heavy atom. The molecule has 148 valence electrons. The Morgan fingerprint density at radius 1 is 1.18 bits per heavy atom. The fourth-order valence-electron chi connectivity index (χ4n) is 4.16. The third-order valence-corrected chi connectivity index (χ3v) is 5.59. The predicted octanol–water partition coefficient (Wildman–Crippen LogP) is 2.43. The average molecular weight is 385 g/mol. The molecule has 4 heterocycles. The maximum atomic E-state index is 14.0. The maximum absolute atomic E-state index is 14.0.